The molecule has 2 heterocycles. The summed E-state index contributed by atoms with van der Waals surface area (Å²) in [5, 5.41) is 0. The molecule has 0 aromatic heterocycles. The highest BCUT2D eigenvalue weighted by molar-refractivity contribution is 7.89. The molecule has 1 saturated heterocycles. The third kappa shape index (κ3) is 2.44. The summed E-state index contributed by atoms with van der Waals surface area (Å²) in [5.41, 5.74) is 1.76. The number of carbonyl (C=O) groups is 1. The van der Waals surface area contributed by atoms with Crippen LogP contribution in [-0.4, -0.2) is 38.3 Å². The van der Waals surface area contributed by atoms with Crippen LogP contribution < -0.4 is 4.90 Å². The minimum Gasteiger partial charge on any atom is -0.315 e. The summed E-state index contributed by atoms with van der Waals surface area (Å²) in [6.45, 7) is 2.64. The second-order valence-corrected chi connectivity index (χ2v) is 7.95. The van der Waals surface area contributed by atoms with E-state index in [1.807, 2.05) is 6.92 Å². The second-order valence-electron chi connectivity index (χ2n) is 6.06. The van der Waals surface area contributed by atoms with Crippen molar-refractivity contribution >= 4 is 21.6 Å². The van der Waals surface area contributed by atoms with Crippen LogP contribution in [0.25, 0.3) is 0 Å². The Labute approximate surface area is 132 Å². The fourth-order valence-electron chi connectivity index (χ4n) is 3.46. The van der Waals surface area contributed by atoms with Crippen molar-refractivity contribution in [3.63, 3.8) is 0 Å². The lowest BCUT2D eigenvalue weighted by Crippen LogP contribution is -2.35. The quantitative estimate of drug-likeness (QED) is 0.857. The Balaban J connectivity index is 1.97. The highest BCUT2D eigenvalue weighted by Gasteiger charge is 2.34. The van der Waals surface area contributed by atoms with Crippen molar-refractivity contribution in [3.05, 3.63) is 23.8 Å². The van der Waals surface area contributed by atoms with Crippen LogP contribution in [0.4, 0.5) is 5.69 Å². The van der Waals surface area contributed by atoms with E-state index < -0.39 is 10.0 Å². The summed E-state index contributed by atoms with van der Waals surface area (Å²) in [6, 6.07) is 5.26. The molecule has 1 fully saturated rings. The van der Waals surface area contributed by atoms with E-state index in [1.165, 1.54) is 0 Å². The SMILES string of the molecule is CCC1CCCN1S(=O)(=O)c1ccc2c(c1)CCC(=O)N2C. The number of carbonyl (C=O) groups excluding carboxylic acids is 1. The number of amides is 1. The third-order valence-corrected chi connectivity index (χ3v) is 6.74. The van der Waals surface area contributed by atoms with Crippen molar-refractivity contribution in [2.75, 3.05) is 18.5 Å². The zero-order valence-electron chi connectivity index (χ0n) is 13.1. The molecule has 0 spiro atoms. The monoisotopic (exact) mass is 322 g/mol. The Hall–Kier alpha value is -1.40. The van der Waals surface area contributed by atoms with E-state index in [4.69, 9.17) is 0 Å². The maximum atomic E-state index is 12.9. The van der Waals surface area contributed by atoms with Gasteiger partial charge in [-0.3, -0.25) is 4.79 Å². The van der Waals surface area contributed by atoms with Gasteiger partial charge in [0.05, 0.1) is 4.90 Å². The highest BCUT2D eigenvalue weighted by atomic mass is 32.2. The van der Waals surface area contributed by atoms with Gasteiger partial charge in [-0.2, -0.15) is 4.31 Å². The normalized spacial score (nSPS) is 22.9. The molecule has 0 saturated carbocycles. The number of aryl methyl sites for hydroxylation is 1. The van der Waals surface area contributed by atoms with Crippen LogP contribution in [0.15, 0.2) is 23.1 Å². The molecule has 0 N–H and O–H groups in total. The minimum absolute atomic E-state index is 0.0775. The predicted octanol–water partition coefficient (Wildman–Crippen LogP) is 2.16. The molecule has 3 rings (SSSR count). The minimum atomic E-state index is -3.43. The summed E-state index contributed by atoms with van der Waals surface area (Å²) >= 11 is 0. The van der Waals surface area contributed by atoms with E-state index >= 15 is 0 Å². The van der Waals surface area contributed by atoms with Gasteiger partial charge < -0.3 is 4.90 Å². The molecule has 2 aliphatic rings. The number of sulfonamides is 1. The number of fused-ring (bicyclic) bond motifs is 1. The van der Waals surface area contributed by atoms with E-state index in [2.05, 4.69) is 0 Å². The van der Waals surface area contributed by atoms with Crippen LogP contribution in [0.5, 0.6) is 0 Å². The zero-order valence-corrected chi connectivity index (χ0v) is 13.9. The first-order valence-corrected chi connectivity index (χ1v) is 9.30. The van der Waals surface area contributed by atoms with Gasteiger partial charge >= 0.3 is 0 Å². The largest absolute Gasteiger partial charge is 0.315 e. The molecule has 1 aromatic carbocycles. The number of benzene rings is 1. The van der Waals surface area contributed by atoms with E-state index in [9.17, 15) is 13.2 Å². The van der Waals surface area contributed by atoms with Crippen LogP contribution in [0.3, 0.4) is 0 Å². The molecule has 0 radical (unpaired) electrons. The Kier molecular flexibility index (Phi) is 3.99. The van der Waals surface area contributed by atoms with Crippen molar-refractivity contribution in [1.29, 1.82) is 0 Å². The summed E-state index contributed by atoms with van der Waals surface area (Å²) in [6.07, 6.45) is 3.77. The summed E-state index contributed by atoms with van der Waals surface area (Å²) in [7, 11) is -1.70. The molecule has 5 nitrogen and oxygen atoms in total. The smallest absolute Gasteiger partial charge is 0.243 e. The number of rotatable bonds is 3. The van der Waals surface area contributed by atoms with E-state index in [0.717, 1.165) is 30.5 Å². The van der Waals surface area contributed by atoms with Gasteiger partial charge in [0.1, 0.15) is 0 Å². The number of anilines is 1. The highest BCUT2D eigenvalue weighted by Crippen LogP contribution is 2.32. The number of nitrogens with zero attached hydrogens (tertiary/aromatic N) is 2. The lowest BCUT2D eigenvalue weighted by molar-refractivity contribution is -0.118. The van der Waals surface area contributed by atoms with Gasteiger partial charge in [0.2, 0.25) is 15.9 Å². The van der Waals surface area contributed by atoms with E-state index in [0.29, 0.717) is 24.3 Å². The molecule has 1 aromatic rings. The van der Waals surface area contributed by atoms with Gasteiger partial charge in [0.15, 0.2) is 0 Å². The van der Waals surface area contributed by atoms with E-state index in [-0.39, 0.29) is 11.9 Å². The Morgan fingerprint density at radius 1 is 1.27 bits per heavy atom. The molecule has 1 unspecified atom stereocenters. The first kappa shape index (κ1) is 15.5. The first-order valence-electron chi connectivity index (χ1n) is 7.86. The predicted molar refractivity (Wildman–Crippen MR) is 85.4 cm³/mol. The number of hydrogen-bond donors (Lipinski definition) is 0. The summed E-state index contributed by atoms with van der Waals surface area (Å²) in [5.74, 6) is 0.0775. The summed E-state index contributed by atoms with van der Waals surface area (Å²) < 4.78 is 27.4. The Bertz CT molecular complexity index is 699. The average Bonchev–Trinajstić information content (AvgIpc) is 3.00. The standard InChI is InChI=1S/C16H22N2O3S/c1-3-13-5-4-10-18(13)22(20,21)14-7-8-15-12(11-14)6-9-16(19)17(15)2/h7-8,11,13H,3-6,9-10H2,1-2H3. The molecule has 120 valence electrons. The Morgan fingerprint density at radius 2 is 2.05 bits per heavy atom. The third-order valence-electron chi connectivity index (χ3n) is 4.80. The second kappa shape index (κ2) is 5.66. The van der Waals surface area contributed by atoms with Crippen molar-refractivity contribution in [3.8, 4) is 0 Å². The average molecular weight is 322 g/mol. The van der Waals surface area contributed by atoms with Gasteiger partial charge in [-0.25, -0.2) is 8.42 Å². The first-order chi connectivity index (χ1) is 10.4. The molecule has 1 amide bonds. The van der Waals surface area contributed by atoms with Gasteiger partial charge in [-0.15, -0.1) is 0 Å². The molecule has 0 bridgehead atoms. The van der Waals surface area contributed by atoms with Crippen molar-refractivity contribution in [2.24, 2.45) is 0 Å². The van der Waals surface area contributed by atoms with Crippen molar-refractivity contribution in [2.45, 2.75) is 50.0 Å². The van der Waals surface area contributed by atoms with Crippen LogP contribution >= 0.6 is 0 Å². The molecule has 1 atom stereocenters. The van der Waals surface area contributed by atoms with Gasteiger partial charge in [0.25, 0.3) is 0 Å². The van der Waals surface area contributed by atoms with Gasteiger partial charge in [-0.1, -0.05) is 6.92 Å². The van der Waals surface area contributed by atoms with Crippen LogP contribution in [0.1, 0.15) is 38.2 Å². The molecular formula is C16H22N2O3S. The summed E-state index contributed by atoms with van der Waals surface area (Å²) in [4.78, 5) is 13.7. The number of hydrogen-bond acceptors (Lipinski definition) is 3. The van der Waals surface area contributed by atoms with E-state index in [1.54, 1.807) is 34.5 Å². The molecular weight excluding hydrogens is 300 g/mol. The molecule has 22 heavy (non-hydrogen) atoms. The lowest BCUT2D eigenvalue weighted by atomic mass is 10.0. The topological polar surface area (TPSA) is 57.7 Å². The van der Waals surface area contributed by atoms with Crippen molar-refractivity contribution < 1.29 is 13.2 Å². The van der Waals surface area contributed by atoms with Gasteiger partial charge in [0, 0.05) is 31.7 Å². The van der Waals surface area contributed by atoms with Crippen LogP contribution in [0.2, 0.25) is 0 Å². The van der Waals surface area contributed by atoms with Crippen LogP contribution in [0, 0.1) is 0 Å². The molecule has 6 heteroatoms. The fraction of sp³-hybridized carbons (Fsp3) is 0.562. The maximum absolute atomic E-state index is 12.9. The molecule has 2 aliphatic heterocycles. The zero-order chi connectivity index (χ0) is 15.9. The maximum Gasteiger partial charge on any atom is 0.243 e. The lowest BCUT2D eigenvalue weighted by Gasteiger charge is -2.27. The molecule has 0 aliphatic carbocycles. The Morgan fingerprint density at radius 3 is 2.77 bits per heavy atom. The van der Waals surface area contributed by atoms with Crippen molar-refractivity contribution in [1.82, 2.24) is 4.31 Å². The van der Waals surface area contributed by atoms with Gasteiger partial charge in [-0.05, 0) is 49.4 Å². The fourth-order valence-corrected chi connectivity index (χ4v) is 5.28. The van der Waals surface area contributed by atoms with Crippen LogP contribution in [-0.2, 0) is 21.2 Å².